The van der Waals surface area contributed by atoms with Crippen molar-refractivity contribution in [2.45, 2.75) is 37.6 Å². The van der Waals surface area contributed by atoms with E-state index < -0.39 is 11.5 Å². The highest BCUT2D eigenvalue weighted by atomic mass is 79.9. The maximum Gasteiger partial charge on any atom is 0.246 e. The number of nitrogens with zero attached hydrogens (tertiary/aromatic N) is 2. The highest BCUT2D eigenvalue weighted by Gasteiger charge is 2.55. The normalized spacial score (nSPS) is 20.5. The largest absolute Gasteiger partial charge is 0.343 e. The van der Waals surface area contributed by atoms with Gasteiger partial charge in [-0.15, -0.1) is 0 Å². The van der Waals surface area contributed by atoms with Crippen LogP contribution in [0.4, 0.5) is 4.39 Å². The van der Waals surface area contributed by atoms with Gasteiger partial charge in [0.1, 0.15) is 11.9 Å². The Labute approximate surface area is 162 Å². The van der Waals surface area contributed by atoms with Gasteiger partial charge in [0.15, 0.2) is 0 Å². The predicted octanol–water partition coefficient (Wildman–Crippen LogP) is 2.29. The van der Waals surface area contributed by atoms with Crippen LogP contribution in [0, 0.1) is 5.82 Å². The van der Waals surface area contributed by atoms with Crippen LogP contribution in [0.1, 0.15) is 31.7 Å². The maximum absolute atomic E-state index is 14.1. The summed E-state index contributed by atoms with van der Waals surface area (Å²) >= 11 is 3.18. The Morgan fingerprint density at radius 3 is 2.46 bits per heavy atom. The van der Waals surface area contributed by atoms with Crippen LogP contribution in [0.15, 0.2) is 22.7 Å². The molecule has 1 heterocycles. The summed E-state index contributed by atoms with van der Waals surface area (Å²) in [6, 6.07) is 4.37. The number of carbonyl (C=O) groups excluding carboxylic acids is 2. The second kappa shape index (κ2) is 7.64. The molecule has 1 aromatic carbocycles. The summed E-state index contributed by atoms with van der Waals surface area (Å²) < 4.78 is 14.5. The summed E-state index contributed by atoms with van der Waals surface area (Å²) in [4.78, 5) is 29.4. The molecule has 3 rings (SSSR count). The van der Waals surface area contributed by atoms with Crippen molar-refractivity contribution in [1.82, 2.24) is 15.1 Å². The van der Waals surface area contributed by atoms with Gasteiger partial charge >= 0.3 is 0 Å². The van der Waals surface area contributed by atoms with Crippen molar-refractivity contribution >= 4 is 27.7 Å². The lowest BCUT2D eigenvalue weighted by Crippen LogP contribution is -2.58. The highest BCUT2D eigenvalue weighted by Crippen LogP contribution is 2.52. The summed E-state index contributed by atoms with van der Waals surface area (Å²) in [6.45, 7) is 4.71. The standard InChI is InChI=1S/C19H25BrFN3O2/c1-3-16(25)22-17(18(26)24-10-8-23(2)9-11-24)19(6-7-19)13-4-5-14(20)15(21)12-13/h4-5,12,17H,3,6-11H2,1-2H3,(H,22,25)/t17-/m0/s1. The molecule has 7 heteroatoms. The third kappa shape index (κ3) is 3.78. The molecule has 1 N–H and O–H groups in total. The zero-order chi connectivity index (χ0) is 18.9. The summed E-state index contributed by atoms with van der Waals surface area (Å²) in [5.74, 6) is -0.552. The monoisotopic (exact) mass is 425 g/mol. The van der Waals surface area contributed by atoms with E-state index in [1.165, 1.54) is 6.07 Å². The van der Waals surface area contributed by atoms with Gasteiger partial charge in [-0.25, -0.2) is 4.39 Å². The van der Waals surface area contributed by atoms with E-state index in [9.17, 15) is 14.0 Å². The topological polar surface area (TPSA) is 52.7 Å². The van der Waals surface area contributed by atoms with E-state index in [1.54, 1.807) is 13.0 Å². The highest BCUT2D eigenvalue weighted by molar-refractivity contribution is 9.10. The lowest BCUT2D eigenvalue weighted by atomic mass is 9.86. The van der Waals surface area contributed by atoms with Gasteiger partial charge in [0.2, 0.25) is 11.8 Å². The Morgan fingerprint density at radius 2 is 1.92 bits per heavy atom. The molecule has 2 fully saturated rings. The van der Waals surface area contributed by atoms with Gasteiger partial charge in [-0.3, -0.25) is 9.59 Å². The van der Waals surface area contributed by atoms with Crippen LogP contribution in [0.2, 0.25) is 0 Å². The van der Waals surface area contributed by atoms with E-state index in [-0.39, 0.29) is 17.6 Å². The van der Waals surface area contributed by atoms with E-state index in [1.807, 2.05) is 18.0 Å². The van der Waals surface area contributed by atoms with Crippen LogP contribution in [0.3, 0.4) is 0 Å². The molecule has 142 valence electrons. The third-order valence-electron chi connectivity index (χ3n) is 5.52. The molecule has 1 saturated carbocycles. The van der Waals surface area contributed by atoms with Crippen LogP contribution in [-0.2, 0) is 15.0 Å². The third-order valence-corrected chi connectivity index (χ3v) is 6.17. The molecule has 1 aliphatic carbocycles. The number of hydrogen-bond acceptors (Lipinski definition) is 3. The molecule has 1 aliphatic heterocycles. The maximum atomic E-state index is 14.1. The lowest BCUT2D eigenvalue weighted by molar-refractivity contribution is -0.138. The Kier molecular flexibility index (Phi) is 5.67. The summed E-state index contributed by atoms with van der Waals surface area (Å²) in [6.07, 6.45) is 1.85. The van der Waals surface area contributed by atoms with Crippen LogP contribution in [0.25, 0.3) is 0 Å². The Bertz CT molecular complexity index is 700. The van der Waals surface area contributed by atoms with E-state index in [4.69, 9.17) is 0 Å². The second-order valence-corrected chi connectivity index (χ2v) is 8.12. The van der Waals surface area contributed by atoms with Crippen molar-refractivity contribution in [2.75, 3.05) is 33.2 Å². The van der Waals surface area contributed by atoms with Crippen molar-refractivity contribution in [3.63, 3.8) is 0 Å². The number of carbonyl (C=O) groups is 2. The minimum absolute atomic E-state index is 0.0549. The van der Waals surface area contributed by atoms with Gasteiger partial charge in [0, 0.05) is 38.0 Å². The van der Waals surface area contributed by atoms with Gasteiger partial charge in [0.25, 0.3) is 0 Å². The molecule has 0 spiro atoms. The second-order valence-electron chi connectivity index (χ2n) is 7.27. The predicted molar refractivity (Wildman–Crippen MR) is 101 cm³/mol. The van der Waals surface area contributed by atoms with Crippen molar-refractivity contribution in [3.8, 4) is 0 Å². The molecule has 1 atom stereocenters. The van der Waals surface area contributed by atoms with Gasteiger partial charge in [-0.1, -0.05) is 13.0 Å². The number of hydrogen-bond donors (Lipinski definition) is 1. The lowest BCUT2D eigenvalue weighted by Gasteiger charge is -2.37. The Hall–Kier alpha value is -1.47. The molecule has 1 saturated heterocycles. The quantitative estimate of drug-likeness (QED) is 0.787. The van der Waals surface area contributed by atoms with Crippen LogP contribution >= 0.6 is 15.9 Å². The van der Waals surface area contributed by atoms with Gasteiger partial charge in [-0.2, -0.15) is 0 Å². The molecule has 0 bridgehead atoms. The van der Waals surface area contributed by atoms with Crippen LogP contribution < -0.4 is 5.32 Å². The fraction of sp³-hybridized carbons (Fsp3) is 0.579. The fourth-order valence-corrected chi connectivity index (χ4v) is 3.84. The molecule has 5 nitrogen and oxygen atoms in total. The first-order valence-electron chi connectivity index (χ1n) is 9.09. The molecule has 2 aliphatic rings. The molecule has 0 radical (unpaired) electrons. The van der Waals surface area contributed by atoms with E-state index >= 15 is 0 Å². The zero-order valence-electron chi connectivity index (χ0n) is 15.2. The molecule has 0 aromatic heterocycles. The van der Waals surface area contributed by atoms with Crippen molar-refractivity contribution in [2.24, 2.45) is 0 Å². The SMILES string of the molecule is CCC(=O)N[C@@H](C(=O)N1CCN(C)CC1)C1(c2ccc(Br)c(F)c2)CC1. The fourth-order valence-electron chi connectivity index (χ4n) is 3.59. The number of nitrogens with one attached hydrogen (secondary N) is 1. The Morgan fingerprint density at radius 1 is 1.27 bits per heavy atom. The van der Waals surface area contributed by atoms with E-state index in [0.29, 0.717) is 24.0 Å². The van der Waals surface area contributed by atoms with Gasteiger partial charge in [-0.05, 0) is 53.5 Å². The summed E-state index contributed by atoms with van der Waals surface area (Å²) in [7, 11) is 2.03. The number of piperazine rings is 1. The molecule has 1 aromatic rings. The number of halogens is 2. The smallest absolute Gasteiger partial charge is 0.246 e. The van der Waals surface area contributed by atoms with Gasteiger partial charge in [0.05, 0.1) is 4.47 Å². The molecular formula is C19H25BrFN3O2. The number of rotatable bonds is 5. The van der Waals surface area contributed by atoms with E-state index in [2.05, 4.69) is 26.1 Å². The van der Waals surface area contributed by atoms with Crippen molar-refractivity contribution in [3.05, 3.63) is 34.1 Å². The average Bonchev–Trinajstić information content (AvgIpc) is 3.43. The zero-order valence-corrected chi connectivity index (χ0v) is 16.8. The molecule has 2 amide bonds. The number of likely N-dealkylation sites (N-methyl/N-ethyl adjacent to an activating group) is 1. The molecular weight excluding hydrogens is 401 g/mol. The molecule has 0 unspecified atom stereocenters. The minimum atomic E-state index is -0.640. The van der Waals surface area contributed by atoms with Crippen LogP contribution in [0.5, 0.6) is 0 Å². The first kappa shape index (κ1) is 19.3. The Balaban J connectivity index is 1.89. The summed E-state index contributed by atoms with van der Waals surface area (Å²) in [5, 5.41) is 2.93. The van der Waals surface area contributed by atoms with Crippen LogP contribution in [-0.4, -0.2) is 60.9 Å². The molecule has 26 heavy (non-hydrogen) atoms. The minimum Gasteiger partial charge on any atom is -0.343 e. The average molecular weight is 426 g/mol. The van der Waals surface area contributed by atoms with Crippen molar-refractivity contribution in [1.29, 1.82) is 0 Å². The first-order chi connectivity index (χ1) is 12.4. The van der Waals surface area contributed by atoms with Gasteiger partial charge < -0.3 is 15.1 Å². The number of benzene rings is 1. The van der Waals surface area contributed by atoms with E-state index in [0.717, 1.165) is 31.5 Å². The van der Waals surface area contributed by atoms with Crippen molar-refractivity contribution < 1.29 is 14.0 Å². The number of amides is 2. The summed E-state index contributed by atoms with van der Waals surface area (Å²) in [5.41, 5.74) is 0.273. The first-order valence-corrected chi connectivity index (χ1v) is 9.89.